The van der Waals surface area contributed by atoms with E-state index in [1.807, 2.05) is 35.9 Å². The number of methoxy groups -OCH3 is 1. The molecule has 2 aromatic carbocycles. The van der Waals surface area contributed by atoms with Crippen molar-refractivity contribution in [3.63, 3.8) is 0 Å². The largest absolute Gasteiger partial charge is 0.495 e. The Bertz CT molecular complexity index is 1270. The minimum Gasteiger partial charge on any atom is -0.495 e. The molecule has 5 rings (SSSR count). The Morgan fingerprint density at radius 2 is 2.00 bits per heavy atom. The normalized spacial score (nSPS) is 21.4. The maximum absolute atomic E-state index is 13.9. The molecule has 0 spiro atoms. The highest BCUT2D eigenvalue weighted by Gasteiger charge is 2.40. The molecule has 1 aromatic heterocycles. The minimum absolute atomic E-state index is 0.0992. The van der Waals surface area contributed by atoms with Crippen LogP contribution in [0.2, 0.25) is 0 Å². The van der Waals surface area contributed by atoms with E-state index >= 15 is 0 Å². The van der Waals surface area contributed by atoms with Gasteiger partial charge in [0.1, 0.15) is 12.4 Å². The fraction of sp³-hybridized carbons (Fsp3) is 0.308. The Morgan fingerprint density at radius 3 is 2.74 bits per heavy atom. The average Bonchev–Trinajstić information content (AvgIpc) is 3.28. The van der Waals surface area contributed by atoms with Gasteiger partial charge in [0.25, 0.3) is 5.91 Å². The molecule has 2 saturated heterocycles. The third-order valence-corrected chi connectivity index (χ3v) is 6.44. The van der Waals surface area contributed by atoms with E-state index in [0.29, 0.717) is 24.3 Å². The number of amides is 1. The molecule has 1 amide bonds. The van der Waals surface area contributed by atoms with Gasteiger partial charge < -0.3 is 18.9 Å². The number of morpholine rings is 1. The van der Waals surface area contributed by atoms with Gasteiger partial charge in [0, 0.05) is 6.20 Å². The van der Waals surface area contributed by atoms with Crippen molar-refractivity contribution in [3.05, 3.63) is 83.1 Å². The molecule has 6 nitrogen and oxygen atoms in total. The first-order valence-electron chi connectivity index (χ1n) is 11.3. The van der Waals surface area contributed by atoms with Crippen LogP contribution < -0.4 is 4.74 Å². The number of piperidine rings is 1. The Morgan fingerprint density at radius 1 is 1.15 bits per heavy atom. The summed E-state index contributed by atoms with van der Waals surface area (Å²) in [5.41, 5.74) is 3.07. The first kappa shape index (κ1) is 22.1. The van der Waals surface area contributed by atoms with Gasteiger partial charge in [-0.25, -0.2) is 13.8 Å². The van der Waals surface area contributed by atoms with Gasteiger partial charge in [-0.15, -0.1) is 0 Å². The molecule has 0 radical (unpaired) electrons. The molecule has 34 heavy (non-hydrogen) atoms. The number of aromatic nitrogens is 2. The summed E-state index contributed by atoms with van der Waals surface area (Å²) in [6, 6.07) is 9.05. The molecule has 2 fully saturated rings. The number of nitrogens with zero attached hydrogens (tertiary/aromatic N) is 3. The molecule has 0 saturated carbocycles. The predicted molar refractivity (Wildman–Crippen MR) is 122 cm³/mol. The summed E-state index contributed by atoms with van der Waals surface area (Å²) in [6.07, 6.45) is 7.69. The van der Waals surface area contributed by atoms with Crippen molar-refractivity contribution in [2.24, 2.45) is 0 Å². The lowest BCUT2D eigenvalue weighted by Crippen LogP contribution is -2.52. The molecular formula is C26H25F2N3O3. The van der Waals surface area contributed by atoms with E-state index in [4.69, 9.17) is 9.47 Å². The van der Waals surface area contributed by atoms with E-state index in [1.54, 1.807) is 30.5 Å². The Labute approximate surface area is 196 Å². The van der Waals surface area contributed by atoms with Crippen LogP contribution in [0.1, 0.15) is 42.1 Å². The Hall–Kier alpha value is -3.68. The fourth-order valence-electron chi connectivity index (χ4n) is 4.78. The number of hydrogen-bond acceptors (Lipinski definition) is 4. The van der Waals surface area contributed by atoms with Gasteiger partial charge in [-0.1, -0.05) is 12.1 Å². The lowest BCUT2D eigenvalue weighted by Gasteiger charge is -2.45. The number of benzene rings is 2. The second-order valence-corrected chi connectivity index (χ2v) is 8.66. The van der Waals surface area contributed by atoms with E-state index in [2.05, 4.69) is 4.98 Å². The predicted octanol–water partition coefficient (Wildman–Crippen LogP) is 4.96. The van der Waals surface area contributed by atoms with Crippen molar-refractivity contribution in [2.45, 2.75) is 38.3 Å². The van der Waals surface area contributed by atoms with E-state index < -0.39 is 11.6 Å². The molecule has 176 valence electrons. The number of carbonyl (C=O) groups excluding carboxylic acids is 1. The maximum atomic E-state index is 13.9. The van der Waals surface area contributed by atoms with Crippen molar-refractivity contribution in [1.82, 2.24) is 14.5 Å². The number of rotatable bonds is 4. The maximum Gasteiger partial charge on any atom is 0.289 e. The first-order valence-corrected chi connectivity index (χ1v) is 11.3. The molecule has 2 aliphatic rings. The summed E-state index contributed by atoms with van der Waals surface area (Å²) in [5, 5.41) is 0. The van der Waals surface area contributed by atoms with Gasteiger partial charge in [-0.3, -0.25) is 4.79 Å². The third-order valence-electron chi connectivity index (χ3n) is 6.44. The topological polar surface area (TPSA) is 56.6 Å². The van der Waals surface area contributed by atoms with Gasteiger partial charge in [0.15, 0.2) is 17.4 Å². The van der Waals surface area contributed by atoms with Crippen LogP contribution in [0, 0.1) is 18.6 Å². The lowest BCUT2D eigenvalue weighted by molar-refractivity contribution is -0.146. The zero-order chi connectivity index (χ0) is 23.8. The Balaban J connectivity index is 1.45. The highest BCUT2D eigenvalue weighted by molar-refractivity contribution is 5.97. The molecule has 2 atom stereocenters. The quantitative estimate of drug-likeness (QED) is 0.511. The molecule has 8 heteroatoms. The van der Waals surface area contributed by atoms with Crippen LogP contribution >= 0.6 is 0 Å². The summed E-state index contributed by atoms with van der Waals surface area (Å²) in [7, 11) is 1.59. The number of aryl methyl sites for hydroxylation is 1. The van der Waals surface area contributed by atoms with Gasteiger partial charge in [0.2, 0.25) is 0 Å². The van der Waals surface area contributed by atoms with Gasteiger partial charge >= 0.3 is 0 Å². The number of carbonyl (C=O) groups is 1. The van der Waals surface area contributed by atoms with Crippen LogP contribution in [0.4, 0.5) is 8.78 Å². The van der Waals surface area contributed by atoms with Gasteiger partial charge in [0.05, 0.1) is 36.9 Å². The van der Waals surface area contributed by atoms with Crippen LogP contribution in [0.3, 0.4) is 0 Å². The second kappa shape index (κ2) is 8.93. The average molecular weight is 466 g/mol. The van der Waals surface area contributed by atoms with Crippen LogP contribution in [-0.2, 0) is 9.53 Å². The first-order chi connectivity index (χ1) is 16.4. The number of fused-ring (bicyclic) bond motifs is 1. The molecule has 0 aliphatic carbocycles. The smallest absolute Gasteiger partial charge is 0.289 e. The van der Waals surface area contributed by atoms with Gasteiger partial charge in [-0.05, 0) is 67.7 Å². The summed E-state index contributed by atoms with van der Waals surface area (Å²) in [5.74, 6) is -1.20. The van der Waals surface area contributed by atoms with Crippen LogP contribution in [-0.4, -0.2) is 40.1 Å². The Kier molecular flexibility index (Phi) is 5.81. The van der Waals surface area contributed by atoms with E-state index in [-0.39, 0.29) is 23.8 Å². The number of ether oxygens (including phenoxy) is 2. The third kappa shape index (κ3) is 4.04. The standard InChI is InChI=1S/C26H25F2N3O3/c1-16-13-30(15-29-16)23-9-6-17(10-24(23)33-2)11-25-26(32)31-19(14-34-25)4-3-5-22(31)18-7-8-20(27)21(28)12-18/h6-13,15,19,22H,3-5,14H2,1-2H3/b25-11-/t19-,22+/m1/s1. The van der Waals surface area contributed by atoms with Crippen molar-refractivity contribution >= 4 is 12.0 Å². The molecule has 3 aromatic rings. The molecular weight excluding hydrogens is 440 g/mol. The number of imidazole rings is 1. The molecule has 2 aliphatic heterocycles. The molecule has 3 heterocycles. The monoisotopic (exact) mass is 465 g/mol. The second-order valence-electron chi connectivity index (χ2n) is 8.66. The van der Waals surface area contributed by atoms with Gasteiger partial charge in [-0.2, -0.15) is 0 Å². The summed E-state index contributed by atoms with van der Waals surface area (Å²) in [6.45, 7) is 2.27. The number of hydrogen-bond donors (Lipinski definition) is 0. The van der Waals surface area contributed by atoms with Crippen molar-refractivity contribution < 1.29 is 23.0 Å². The van der Waals surface area contributed by atoms with Crippen molar-refractivity contribution in [1.29, 1.82) is 0 Å². The van der Waals surface area contributed by atoms with E-state index in [9.17, 15) is 13.6 Å². The van der Waals surface area contributed by atoms with Crippen LogP contribution in [0.5, 0.6) is 5.75 Å². The molecule has 0 unspecified atom stereocenters. The van der Waals surface area contributed by atoms with Crippen molar-refractivity contribution in [3.8, 4) is 11.4 Å². The van der Waals surface area contributed by atoms with E-state index in [1.165, 1.54) is 6.07 Å². The van der Waals surface area contributed by atoms with Crippen LogP contribution in [0.15, 0.2) is 54.7 Å². The summed E-state index contributed by atoms with van der Waals surface area (Å²) in [4.78, 5) is 19.5. The van der Waals surface area contributed by atoms with Crippen molar-refractivity contribution in [2.75, 3.05) is 13.7 Å². The van der Waals surface area contributed by atoms with E-state index in [0.717, 1.165) is 35.9 Å². The fourth-order valence-corrected chi connectivity index (χ4v) is 4.78. The zero-order valence-corrected chi connectivity index (χ0v) is 19.0. The zero-order valence-electron chi connectivity index (χ0n) is 19.0. The summed E-state index contributed by atoms with van der Waals surface area (Å²) < 4.78 is 40.7. The van der Waals surface area contributed by atoms with Crippen LogP contribution in [0.25, 0.3) is 11.8 Å². The molecule has 0 N–H and O–H groups in total. The summed E-state index contributed by atoms with van der Waals surface area (Å²) >= 11 is 0. The highest BCUT2D eigenvalue weighted by Crippen LogP contribution is 2.39. The highest BCUT2D eigenvalue weighted by atomic mass is 19.2. The molecule has 0 bridgehead atoms. The minimum atomic E-state index is -0.906. The SMILES string of the molecule is COc1cc(/C=C2\OC[C@H]3CCC[C@@H](c4ccc(F)c(F)c4)N3C2=O)ccc1-n1cnc(C)c1. The number of halogens is 2. The lowest BCUT2D eigenvalue weighted by atomic mass is 9.89.